The monoisotopic (exact) mass is 517 g/mol. The molecule has 0 aliphatic carbocycles. The highest BCUT2D eigenvalue weighted by molar-refractivity contribution is 14.1. The first-order valence-electron chi connectivity index (χ1n) is 10.2. The van der Waals surface area contributed by atoms with Crippen molar-refractivity contribution >= 4 is 56.9 Å². The normalized spacial score (nSPS) is 18.1. The van der Waals surface area contributed by atoms with Gasteiger partial charge in [0.05, 0.1) is 6.26 Å². The van der Waals surface area contributed by atoms with Crippen LogP contribution in [0.5, 0.6) is 0 Å². The van der Waals surface area contributed by atoms with E-state index in [9.17, 15) is 4.79 Å². The maximum absolute atomic E-state index is 13.2. The van der Waals surface area contributed by atoms with Gasteiger partial charge in [-0.05, 0) is 36.9 Å². The van der Waals surface area contributed by atoms with Crippen molar-refractivity contribution < 1.29 is 9.21 Å². The molecular formula is C22H24IN5O2. The van der Waals surface area contributed by atoms with E-state index in [1.54, 1.807) is 11.2 Å². The molecule has 4 heterocycles. The topological polar surface area (TPSA) is 56.1 Å². The SMILES string of the molecule is CN1CCN(c2nc(N3CCN(c4ccc(CI)cc4)C3=O)cc3ccoc23)CC1. The molecule has 1 aromatic carbocycles. The number of rotatable bonds is 4. The molecule has 0 bridgehead atoms. The number of furan rings is 1. The average molecular weight is 517 g/mol. The third-order valence-electron chi connectivity index (χ3n) is 5.89. The molecule has 2 saturated heterocycles. The fourth-order valence-electron chi connectivity index (χ4n) is 4.07. The lowest BCUT2D eigenvalue weighted by Gasteiger charge is -2.33. The first kappa shape index (κ1) is 19.6. The Kier molecular flexibility index (Phi) is 5.28. The Bertz CT molecular complexity index is 1060. The van der Waals surface area contributed by atoms with Crippen LogP contribution < -0.4 is 14.7 Å². The zero-order valence-corrected chi connectivity index (χ0v) is 19.1. The molecule has 2 aromatic heterocycles. The van der Waals surface area contributed by atoms with E-state index in [0.717, 1.165) is 53.1 Å². The Morgan fingerprint density at radius 1 is 1.00 bits per heavy atom. The molecular weight excluding hydrogens is 493 g/mol. The number of halogens is 1. The summed E-state index contributed by atoms with van der Waals surface area (Å²) in [6.07, 6.45) is 1.70. The van der Waals surface area contributed by atoms with E-state index < -0.39 is 0 Å². The number of aromatic nitrogens is 1. The lowest BCUT2D eigenvalue weighted by Crippen LogP contribution is -2.45. The van der Waals surface area contributed by atoms with Crippen molar-refractivity contribution in [1.82, 2.24) is 9.88 Å². The number of pyridine rings is 1. The smallest absolute Gasteiger partial charge is 0.330 e. The van der Waals surface area contributed by atoms with Gasteiger partial charge in [0.2, 0.25) is 0 Å². The standard InChI is InChI=1S/C22H24IN5O2/c1-25-7-9-26(10-8-25)21-20-17(6-13-30-20)14-19(24-21)28-12-11-27(22(28)29)18-4-2-16(15-23)3-5-18/h2-6,13-14H,7-12,15H2,1H3. The molecule has 156 valence electrons. The zero-order chi connectivity index (χ0) is 20.7. The highest BCUT2D eigenvalue weighted by Gasteiger charge is 2.32. The summed E-state index contributed by atoms with van der Waals surface area (Å²) in [5, 5.41) is 0.978. The maximum Gasteiger partial charge on any atom is 0.330 e. The van der Waals surface area contributed by atoms with E-state index in [1.165, 1.54) is 5.56 Å². The van der Waals surface area contributed by atoms with E-state index >= 15 is 0 Å². The summed E-state index contributed by atoms with van der Waals surface area (Å²) in [6, 6.07) is 12.1. The number of carbonyl (C=O) groups is 1. The molecule has 5 rings (SSSR count). The number of amides is 2. The van der Waals surface area contributed by atoms with Gasteiger partial charge >= 0.3 is 6.03 Å². The molecule has 2 amide bonds. The van der Waals surface area contributed by atoms with Crippen LogP contribution in [0, 0.1) is 0 Å². The molecule has 0 spiro atoms. The molecule has 2 aliphatic rings. The molecule has 0 saturated carbocycles. The highest BCUT2D eigenvalue weighted by atomic mass is 127. The van der Waals surface area contributed by atoms with Gasteiger partial charge in [-0.3, -0.25) is 9.80 Å². The first-order valence-corrected chi connectivity index (χ1v) is 11.7. The van der Waals surface area contributed by atoms with Crippen LogP contribution >= 0.6 is 22.6 Å². The molecule has 3 aromatic rings. The lowest BCUT2D eigenvalue weighted by molar-refractivity contribution is 0.255. The van der Waals surface area contributed by atoms with Crippen LogP contribution in [0.3, 0.4) is 0 Å². The first-order chi connectivity index (χ1) is 14.6. The third-order valence-corrected chi connectivity index (χ3v) is 6.78. The summed E-state index contributed by atoms with van der Waals surface area (Å²) >= 11 is 2.35. The van der Waals surface area contributed by atoms with Crippen molar-refractivity contribution in [3.8, 4) is 0 Å². The molecule has 2 fully saturated rings. The van der Waals surface area contributed by atoms with Crippen LogP contribution in [-0.2, 0) is 4.43 Å². The molecule has 2 aliphatic heterocycles. The summed E-state index contributed by atoms with van der Waals surface area (Å²) in [5.74, 6) is 1.52. The van der Waals surface area contributed by atoms with Crippen LogP contribution in [0.4, 0.5) is 22.1 Å². The minimum absolute atomic E-state index is 0.0307. The van der Waals surface area contributed by atoms with Gasteiger partial charge in [0.1, 0.15) is 5.82 Å². The number of fused-ring (bicyclic) bond motifs is 1. The maximum atomic E-state index is 13.2. The van der Waals surface area contributed by atoms with E-state index in [1.807, 2.05) is 29.2 Å². The number of alkyl halides is 1. The van der Waals surface area contributed by atoms with Crippen LogP contribution in [0.15, 0.2) is 47.1 Å². The van der Waals surface area contributed by atoms with Crippen LogP contribution in [0.1, 0.15) is 5.56 Å². The van der Waals surface area contributed by atoms with Crippen molar-refractivity contribution in [1.29, 1.82) is 0 Å². The number of nitrogens with zero attached hydrogens (tertiary/aromatic N) is 5. The summed E-state index contributed by atoms with van der Waals surface area (Å²) in [4.78, 5) is 26.3. The van der Waals surface area contributed by atoms with Gasteiger partial charge in [0, 0.05) is 54.8 Å². The second kappa shape index (κ2) is 8.07. The summed E-state index contributed by atoms with van der Waals surface area (Å²) < 4.78 is 6.71. The van der Waals surface area contributed by atoms with E-state index in [2.05, 4.69) is 51.6 Å². The second-order valence-corrected chi connectivity index (χ2v) is 8.58. The molecule has 0 N–H and O–H groups in total. The second-order valence-electron chi connectivity index (χ2n) is 7.82. The molecule has 8 heteroatoms. The molecule has 0 radical (unpaired) electrons. The quantitative estimate of drug-likeness (QED) is 0.388. The van der Waals surface area contributed by atoms with Crippen LogP contribution in [0.2, 0.25) is 0 Å². The van der Waals surface area contributed by atoms with E-state index in [0.29, 0.717) is 18.9 Å². The molecule has 30 heavy (non-hydrogen) atoms. The molecule has 0 atom stereocenters. The Morgan fingerprint density at radius 3 is 2.47 bits per heavy atom. The number of carbonyl (C=O) groups excluding carboxylic acids is 1. The van der Waals surface area contributed by atoms with Gasteiger partial charge in [-0.15, -0.1) is 0 Å². The van der Waals surface area contributed by atoms with Crippen LogP contribution in [-0.4, -0.2) is 62.2 Å². The number of likely N-dealkylation sites (N-methyl/N-ethyl adjacent to an activating group) is 1. The Hall–Kier alpha value is -2.33. The highest BCUT2D eigenvalue weighted by Crippen LogP contribution is 2.33. The Morgan fingerprint density at radius 2 is 1.73 bits per heavy atom. The number of hydrogen-bond acceptors (Lipinski definition) is 5. The van der Waals surface area contributed by atoms with Gasteiger partial charge in [0.25, 0.3) is 0 Å². The van der Waals surface area contributed by atoms with Gasteiger partial charge in [-0.2, -0.15) is 0 Å². The van der Waals surface area contributed by atoms with Crippen molar-refractivity contribution in [2.75, 3.05) is 61.0 Å². The predicted molar refractivity (Wildman–Crippen MR) is 128 cm³/mol. The van der Waals surface area contributed by atoms with Gasteiger partial charge in [0.15, 0.2) is 11.4 Å². The fraction of sp³-hybridized carbons (Fsp3) is 0.364. The van der Waals surface area contributed by atoms with Gasteiger partial charge in [-0.25, -0.2) is 9.78 Å². The van der Waals surface area contributed by atoms with Crippen molar-refractivity contribution in [3.05, 3.63) is 48.2 Å². The van der Waals surface area contributed by atoms with Crippen molar-refractivity contribution in [2.24, 2.45) is 0 Å². The fourth-order valence-corrected chi connectivity index (χ4v) is 4.58. The largest absolute Gasteiger partial charge is 0.460 e. The van der Waals surface area contributed by atoms with E-state index in [4.69, 9.17) is 9.40 Å². The number of anilines is 3. The third kappa shape index (κ3) is 3.51. The Balaban J connectivity index is 1.45. The summed E-state index contributed by atoms with van der Waals surface area (Å²) in [6.45, 7) is 5.02. The minimum atomic E-state index is -0.0307. The zero-order valence-electron chi connectivity index (χ0n) is 16.9. The lowest BCUT2D eigenvalue weighted by atomic mass is 10.2. The predicted octanol–water partition coefficient (Wildman–Crippen LogP) is 3.96. The number of hydrogen-bond donors (Lipinski definition) is 0. The molecule has 0 unspecified atom stereocenters. The van der Waals surface area contributed by atoms with Crippen molar-refractivity contribution in [2.45, 2.75) is 4.43 Å². The number of piperazine rings is 1. The average Bonchev–Trinajstić information content (AvgIpc) is 3.40. The molecule has 7 nitrogen and oxygen atoms in total. The van der Waals surface area contributed by atoms with E-state index in [-0.39, 0.29) is 6.03 Å². The number of urea groups is 1. The van der Waals surface area contributed by atoms with Gasteiger partial charge < -0.3 is 14.2 Å². The van der Waals surface area contributed by atoms with Crippen molar-refractivity contribution in [3.63, 3.8) is 0 Å². The van der Waals surface area contributed by atoms with Crippen LogP contribution in [0.25, 0.3) is 11.0 Å². The summed E-state index contributed by atoms with van der Waals surface area (Å²) in [7, 11) is 2.13. The van der Waals surface area contributed by atoms with Gasteiger partial charge in [-0.1, -0.05) is 34.7 Å². The minimum Gasteiger partial charge on any atom is -0.460 e. The summed E-state index contributed by atoms with van der Waals surface area (Å²) in [5.41, 5.74) is 2.98. The number of benzene rings is 1. The Labute approximate surface area is 189 Å².